The van der Waals surface area contributed by atoms with Gasteiger partial charge in [0.25, 0.3) is 0 Å². The van der Waals surface area contributed by atoms with E-state index in [1.807, 2.05) is 0 Å². The molecule has 1 aromatic carbocycles. The van der Waals surface area contributed by atoms with Gasteiger partial charge in [-0.15, -0.1) is 12.4 Å². The van der Waals surface area contributed by atoms with Crippen molar-refractivity contribution < 1.29 is 27.4 Å². The summed E-state index contributed by atoms with van der Waals surface area (Å²) in [5.41, 5.74) is 0.368. The van der Waals surface area contributed by atoms with Gasteiger partial charge in [0.05, 0.1) is 13.2 Å². The lowest BCUT2D eigenvalue weighted by molar-refractivity contribution is -0.153. The number of morpholine rings is 1. The molecule has 1 atom stereocenters. The largest absolute Gasteiger partial charge is 0.484 e. The molecular formula is C13H16ClF3N2O3. The van der Waals surface area contributed by atoms with E-state index in [0.717, 1.165) is 0 Å². The SMILES string of the molecule is Cl.O=C(Nc1cccc(OCC(F)(F)F)c1)C1COCCN1. The molecule has 0 saturated carbocycles. The molecule has 0 radical (unpaired) electrons. The van der Waals surface area contributed by atoms with E-state index in [1.54, 1.807) is 6.07 Å². The van der Waals surface area contributed by atoms with Crippen LogP contribution in [-0.4, -0.2) is 44.5 Å². The first kappa shape index (κ1) is 18.5. The van der Waals surface area contributed by atoms with Gasteiger partial charge in [-0.05, 0) is 12.1 Å². The molecule has 1 fully saturated rings. The molecule has 1 aliphatic rings. The van der Waals surface area contributed by atoms with Crippen LogP contribution in [0.4, 0.5) is 18.9 Å². The monoisotopic (exact) mass is 340 g/mol. The summed E-state index contributed by atoms with van der Waals surface area (Å²) < 4.78 is 46.0. The molecule has 2 N–H and O–H groups in total. The molecule has 0 spiro atoms. The van der Waals surface area contributed by atoms with Crippen LogP contribution in [0.2, 0.25) is 0 Å². The van der Waals surface area contributed by atoms with E-state index in [4.69, 9.17) is 4.74 Å². The minimum atomic E-state index is -4.40. The van der Waals surface area contributed by atoms with Crippen molar-refractivity contribution in [2.45, 2.75) is 12.2 Å². The van der Waals surface area contributed by atoms with Crippen LogP contribution >= 0.6 is 12.4 Å². The van der Waals surface area contributed by atoms with E-state index in [9.17, 15) is 18.0 Å². The van der Waals surface area contributed by atoms with Gasteiger partial charge in [-0.2, -0.15) is 13.2 Å². The van der Waals surface area contributed by atoms with Crippen LogP contribution < -0.4 is 15.4 Å². The normalized spacial score (nSPS) is 18.2. The van der Waals surface area contributed by atoms with Crippen molar-refractivity contribution in [3.05, 3.63) is 24.3 Å². The van der Waals surface area contributed by atoms with Gasteiger partial charge in [0.2, 0.25) is 5.91 Å². The predicted molar refractivity (Wildman–Crippen MR) is 76.5 cm³/mol. The number of benzene rings is 1. The molecule has 1 saturated heterocycles. The summed E-state index contributed by atoms with van der Waals surface area (Å²) in [6, 6.07) is 5.34. The van der Waals surface area contributed by atoms with E-state index in [-0.39, 0.29) is 30.7 Å². The summed E-state index contributed by atoms with van der Waals surface area (Å²) in [5, 5.41) is 5.59. The van der Waals surface area contributed by atoms with Gasteiger partial charge < -0.3 is 20.1 Å². The second-order valence-corrected chi connectivity index (χ2v) is 4.50. The third-order valence-corrected chi connectivity index (χ3v) is 2.74. The highest BCUT2D eigenvalue weighted by Gasteiger charge is 2.28. The lowest BCUT2D eigenvalue weighted by atomic mass is 10.2. The Morgan fingerprint density at radius 1 is 1.45 bits per heavy atom. The Hall–Kier alpha value is -1.51. The van der Waals surface area contributed by atoms with Crippen molar-refractivity contribution in [1.29, 1.82) is 0 Å². The number of hydrogen-bond acceptors (Lipinski definition) is 4. The highest BCUT2D eigenvalue weighted by molar-refractivity contribution is 5.95. The van der Waals surface area contributed by atoms with Gasteiger partial charge in [0.15, 0.2) is 6.61 Å². The molecule has 1 aromatic rings. The van der Waals surface area contributed by atoms with Gasteiger partial charge in [0.1, 0.15) is 11.8 Å². The quantitative estimate of drug-likeness (QED) is 0.880. The molecule has 1 amide bonds. The molecule has 0 aliphatic carbocycles. The second-order valence-electron chi connectivity index (χ2n) is 4.50. The molecule has 124 valence electrons. The van der Waals surface area contributed by atoms with Crippen molar-refractivity contribution in [3.8, 4) is 5.75 Å². The Labute approximate surface area is 131 Å². The van der Waals surface area contributed by atoms with E-state index in [0.29, 0.717) is 18.8 Å². The zero-order valence-corrected chi connectivity index (χ0v) is 12.3. The molecule has 1 unspecified atom stereocenters. The number of carbonyl (C=O) groups excluding carboxylic acids is 1. The molecule has 2 rings (SSSR count). The molecule has 0 bridgehead atoms. The number of ether oxygens (including phenoxy) is 2. The molecular weight excluding hydrogens is 325 g/mol. The lowest BCUT2D eigenvalue weighted by Gasteiger charge is -2.23. The Morgan fingerprint density at radius 3 is 2.86 bits per heavy atom. The zero-order chi connectivity index (χ0) is 15.3. The first-order valence-corrected chi connectivity index (χ1v) is 6.36. The lowest BCUT2D eigenvalue weighted by Crippen LogP contribution is -2.48. The van der Waals surface area contributed by atoms with Crippen LogP contribution in [0.1, 0.15) is 0 Å². The molecule has 5 nitrogen and oxygen atoms in total. The molecule has 22 heavy (non-hydrogen) atoms. The molecule has 1 aliphatic heterocycles. The van der Waals surface area contributed by atoms with Crippen molar-refractivity contribution in [3.63, 3.8) is 0 Å². The van der Waals surface area contributed by atoms with Gasteiger partial charge in [-0.3, -0.25) is 4.79 Å². The number of hydrogen-bond donors (Lipinski definition) is 2. The summed E-state index contributed by atoms with van der Waals surface area (Å²) in [6.45, 7) is 0.00981. The number of alkyl halides is 3. The minimum Gasteiger partial charge on any atom is -0.484 e. The van der Waals surface area contributed by atoms with E-state index in [1.165, 1.54) is 18.2 Å². The smallest absolute Gasteiger partial charge is 0.422 e. The standard InChI is InChI=1S/C13H15F3N2O3.ClH/c14-13(15,16)8-21-10-3-1-2-9(6-10)18-12(19)11-7-20-5-4-17-11;/h1-3,6,11,17H,4-5,7-8H2,(H,18,19);1H. The molecule has 0 aromatic heterocycles. The number of anilines is 1. The van der Waals surface area contributed by atoms with E-state index in [2.05, 4.69) is 15.4 Å². The van der Waals surface area contributed by atoms with Crippen molar-refractivity contribution in [2.24, 2.45) is 0 Å². The summed E-state index contributed by atoms with van der Waals surface area (Å²) in [7, 11) is 0. The van der Waals surface area contributed by atoms with Crippen molar-refractivity contribution in [2.75, 3.05) is 31.7 Å². The van der Waals surface area contributed by atoms with Crippen LogP contribution in [0, 0.1) is 0 Å². The second kappa shape index (κ2) is 8.21. The highest BCUT2D eigenvalue weighted by Crippen LogP contribution is 2.21. The van der Waals surface area contributed by atoms with Crippen LogP contribution in [0.15, 0.2) is 24.3 Å². The number of rotatable bonds is 4. The van der Waals surface area contributed by atoms with Crippen LogP contribution in [0.5, 0.6) is 5.75 Å². The zero-order valence-electron chi connectivity index (χ0n) is 11.5. The fraction of sp³-hybridized carbons (Fsp3) is 0.462. The van der Waals surface area contributed by atoms with Gasteiger partial charge >= 0.3 is 6.18 Å². The summed E-state index contributed by atoms with van der Waals surface area (Å²) in [4.78, 5) is 11.9. The summed E-state index contributed by atoms with van der Waals surface area (Å²) in [6.07, 6.45) is -4.40. The number of amides is 1. The Morgan fingerprint density at radius 2 is 2.23 bits per heavy atom. The minimum absolute atomic E-state index is 0. The average Bonchev–Trinajstić information content (AvgIpc) is 2.46. The fourth-order valence-electron chi connectivity index (χ4n) is 1.79. The maximum absolute atomic E-state index is 12.1. The first-order chi connectivity index (χ1) is 9.94. The van der Waals surface area contributed by atoms with Gasteiger partial charge in [-0.25, -0.2) is 0 Å². The maximum Gasteiger partial charge on any atom is 0.422 e. The number of carbonyl (C=O) groups is 1. The van der Waals surface area contributed by atoms with Crippen molar-refractivity contribution >= 4 is 24.0 Å². The third-order valence-electron chi connectivity index (χ3n) is 2.74. The van der Waals surface area contributed by atoms with Gasteiger partial charge in [-0.1, -0.05) is 6.07 Å². The average molecular weight is 341 g/mol. The molecule has 9 heteroatoms. The first-order valence-electron chi connectivity index (χ1n) is 6.36. The Bertz CT molecular complexity index is 494. The topological polar surface area (TPSA) is 59.6 Å². The predicted octanol–water partition coefficient (Wildman–Crippen LogP) is 1.98. The highest BCUT2D eigenvalue weighted by atomic mass is 35.5. The number of nitrogens with one attached hydrogen (secondary N) is 2. The third kappa shape index (κ3) is 6.08. The van der Waals surface area contributed by atoms with Crippen molar-refractivity contribution in [1.82, 2.24) is 5.32 Å². The van der Waals surface area contributed by atoms with Crippen LogP contribution in [0.25, 0.3) is 0 Å². The Kier molecular flexibility index (Phi) is 6.92. The summed E-state index contributed by atoms with van der Waals surface area (Å²) in [5.74, 6) is -0.263. The summed E-state index contributed by atoms with van der Waals surface area (Å²) >= 11 is 0. The fourth-order valence-corrected chi connectivity index (χ4v) is 1.79. The van der Waals surface area contributed by atoms with E-state index >= 15 is 0 Å². The number of halogens is 4. The van der Waals surface area contributed by atoms with Gasteiger partial charge in [0, 0.05) is 18.3 Å². The van der Waals surface area contributed by atoms with Crippen LogP contribution in [-0.2, 0) is 9.53 Å². The molecule has 1 heterocycles. The van der Waals surface area contributed by atoms with Crippen LogP contribution in [0.3, 0.4) is 0 Å². The van der Waals surface area contributed by atoms with E-state index < -0.39 is 18.8 Å². The maximum atomic E-state index is 12.1. The Balaban J connectivity index is 0.00000242.